The van der Waals surface area contributed by atoms with Crippen molar-refractivity contribution in [1.82, 2.24) is 9.97 Å². The number of ether oxygens (including phenoxy) is 2. The van der Waals surface area contributed by atoms with Crippen LogP contribution in [0.15, 0.2) is 134 Å². The van der Waals surface area contributed by atoms with Gasteiger partial charge in [0.25, 0.3) is 0 Å². The molecule has 0 N–H and O–H groups in total. The molecule has 0 bridgehead atoms. The van der Waals surface area contributed by atoms with Crippen LogP contribution in [-0.2, 0) is 20.1 Å². The van der Waals surface area contributed by atoms with Gasteiger partial charge in [0, 0.05) is 43.7 Å². The predicted molar refractivity (Wildman–Crippen MR) is 194 cm³/mol. The van der Waals surface area contributed by atoms with E-state index in [1.54, 1.807) is 6.20 Å². The number of aryl methyl sites for hydroxylation is 3. The number of pyridine rings is 2. The molecule has 2 aliphatic heterocycles. The molecule has 6 heteroatoms. The van der Waals surface area contributed by atoms with E-state index < -0.39 is 0 Å². The Labute approximate surface area is 301 Å². The number of rotatable bonds is 3. The Morgan fingerprint density at radius 1 is 0.612 bits per heavy atom. The van der Waals surface area contributed by atoms with Crippen LogP contribution in [0.2, 0.25) is 0 Å². The Hall–Kier alpha value is -5.29. The topological polar surface area (TPSA) is 44.2 Å². The van der Waals surface area contributed by atoms with Crippen molar-refractivity contribution in [3.63, 3.8) is 0 Å². The fraction of sp³-hybridized carbons (Fsp3) is 0.0698. The number of benzene rings is 5. The van der Waals surface area contributed by atoms with Crippen LogP contribution < -0.4 is 25.9 Å². The standard InChI is InChI=1S/C23H13BNO2.C20H18N.Ir/c1-2-11-19-16(8-1)24-17-9-5-7-15(18-10-3-4-14-25-18)23(17)27-21-13-6-12-20(26-19)22(21)24;1-14-9-10-18(20-11-15(2)16(3)13-21-20)12-19(14)17-7-5-4-6-8-17;/h1-6,8-14H;4-9,11-13H,1-3H3;/q2*-1;. The number of fused-ring (bicyclic) bond motifs is 4. The molecule has 0 spiro atoms. The van der Waals surface area contributed by atoms with Crippen molar-refractivity contribution in [2.24, 2.45) is 0 Å². The van der Waals surface area contributed by atoms with Crippen LogP contribution in [0.5, 0.6) is 23.0 Å². The molecule has 49 heavy (non-hydrogen) atoms. The minimum absolute atomic E-state index is 0. The predicted octanol–water partition coefficient (Wildman–Crippen LogP) is 8.41. The van der Waals surface area contributed by atoms with Crippen molar-refractivity contribution in [3.05, 3.63) is 163 Å². The summed E-state index contributed by atoms with van der Waals surface area (Å²) < 4.78 is 12.5. The summed E-state index contributed by atoms with van der Waals surface area (Å²) in [5.74, 6) is 3.40. The van der Waals surface area contributed by atoms with Crippen molar-refractivity contribution in [2.45, 2.75) is 20.8 Å². The van der Waals surface area contributed by atoms with E-state index in [9.17, 15) is 0 Å². The van der Waals surface area contributed by atoms with E-state index in [2.05, 4.69) is 104 Å². The second-order valence-corrected chi connectivity index (χ2v) is 12.2. The molecule has 0 amide bonds. The quantitative estimate of drug-likeness (QED) is 0.133. The molecule has 7 aromatic rings. The van der Waals surface area contributed by atoms with Gasteiger partial charge < -0.3 is 19.4 Å². The third-order valence-corrected chi connectivity index (χ3v) is 9.08. The minimum atomic E-state index is 0. The van der Waals surface area contributed by atoms with Gasteiger partial charge in [-0.25, -0.2) is 0 Å². The second-order valence-electron chi connectivity index (χ2n) is 12.2. The monoisotopic (exact) mass is 811 g/mol. The number of hydrogen-bond acceptors (Lipinski definition) is 4. The minimum Gasteiger partial charge on any atom is -0.503 e. The van der Waals surface area contributed by atoms with Gasteiger partial charge >= 0.3 is 0 Å². The van der Waals surface area contributed by atoms with Crippen LogP contribution in [0.25, 0.3) is 33.6 Å². The largest absolute Gasteiger partial charge is 0.503 e. The second kappa shape index (κ2) is 13.7. The Morgan fingerprint density at radius 2 is 1.37 bits per heavy atom. The van der Waals surface area contributed by atoms with Crippen LogP contribution in [0.4, 0.5) is 0 Å². The van der Waals surface area contributed by atoms with Gasteiger partial charge in [-0.2, -0.15) is 0 Å². The summed E-state index contributed by atoms with van der Waals surface area (Å²) in [6.45, 7) is 6.39. The summed E-state index contributed by atoms with van der Waals surface area (Å²) in [4.78, 5) is 9.05. The molecular weight excluding hydrogens is 780 g/mol. The molecule has 0 atom stereocenters. The molecule has 0 unspecified atom stereocenters. The number of para-hydroxylation sites is 1. The zero-order valence-electron chi connectivity index (χ0n) is 27.3. The Balaban J connectivity index is 0.000000156. The van der Waals surface area contributed by atoms with Gasteiger partial charge in [0.15, 0.2) is 0 Å². The zero-order chi connectivity index (χ0) is 32.6. The first kappa shape index (κ1) is 32.3. The molecule has 0 saturated carbocycles. The molecule has 4 heterocycles. The van der Waals surface area contributed by atoms with Gasteiger partial charge in [-0.05, 0) is 66.1 Å². The maximum Gasteiger partial charge on any atom is 0.241 e. The van der Waals surface area contributed by atoms with E-state index in [-0.39, 0.29) is 26.8 Å². The molecule has 0 fully saturated rings. The summed E-state index contributed by atoms with van der Waals surface area (Å²) in [6.07, 6.45) is 3.72. The summed E-state index contributed by atoms with van der Waals surface area (Å²) in [5, 5.41) is 0. The van der Waals surface area contributed by atoms with Crippen LogP contribution in [0, 0.1) is 32.9 Å². The van der Waals surface area contributed by atoms with Gasteiger partial charge in [-0.1, -0.05) is 96.4 Å². The van der Waals surface area contributed by atoms with Crippen molar-refractivity contribution in [1.29, 1.82) is 0 Å². The molecular formula is C43H31BIrN2O2-2. The molecule has 2 aliphatic rings. The maximum absolute atomic E-state index is 6.37. The van der Waals surface area contributed by atoms with Crippen molar-refractivity contribution < 1.29 is 29.6 Å². The number of aromatic nitrogens is 2. The van der Waals surface area contributed by atoms with E-state index in [0.29, 0.717) is 0 Å². The van der Waals surface area contributed by atoms with E-state index >= 15 is 0 Å². The van der Waals surface area contributed by atoms with Gasteiger partial charge in [-0.15, -0.1) is 53.0 Å². The molecule has 4 nitrogen and oxygen atoms in total. The first-order valence-electron chi connectivity index (χ1n) is 16.1. The van der Waals surface area contributed by atoms with Crippen LogP contribution in [0.3, 0.4) is 0 Å². The molecule has 5 aromatic carbocycles. The molecule has 0 aliphatic carbocycles. The Morgan fingerprint density at radius 3 is 2.16 bits per heavy atom. The normalized spacial score (nSPS) is 11.7. The summed E-state index contributed by atoms with van der Waals surface area (Å²) in [6, 6.07) is 47.6. The van der Waals surface area contributed by atoms with E-state index in [0.717, 1.165) is 61.9 Å². The summed E-state index contributed by atoms with van der Waals surface area (Å²) >= 11 is 0. The molecule has 2 aromatic heterocycles. The number of nitrogens with zero attached hydrogens (tertiary/aromatic N) is 2. The molecule has 9 rings (SSSR count). The summed E-state index contributed by atoms with van der Waals surface area (Å²) in [7, 11) is 0. The number of hydrogen-bond donors (Lipinski definition) is 0. The van der Waals surface area contributed by atoms with Crippen molar-refractivity contribution >= 4 is 23.1 Å². The van der Waals surface area contributed by atoms with Crippen molar-refractivity contribution in [2.75, 3.05) is 0 Å². The maximum atomic E-state index is 6.37. The first-order valence-corrected chi connectivity index (χ1v) is 16.1. The van der Waals surface area contributed by atoms with Gasteiger partial charge in [0.1, 0.15) is 17.2 Å². The average molecular weight is 811 g/mol. The first-order chi connectivity index (χ1) is 23.5. The molecule has 239 valence electrons. The van der Waals surface area contributed by atoms with Crippen LogP contribution >= 0.6 is 0 Å². The Bertz CT molecular complexity index is 2290. The van der Waals surface area contributed by atoms with E-state index in [4.69, 9.17) is 9.47 Å². The molecule has 1 radical (unpaired) electrons. The Kier molecular flexibility index (Phi) is 9.01. The van der Waals surface area contributed by atoms with Gasteiger partial charge in [-0.3, -0.25) is 0 Å². The summed E-state index contributed by atoms with van der Waals surface area (Å²) in [5.41, 5.74) is 13.3. The van der Waals surface area contributed by atoms with E-state index in [1.165, 1.54) is 27.8 Å². The van der Waals surface area contributed by atoms with Gasteiger partial charge in [0.2, 0.25) is 6.71 Å². The van der Waals surface area contributed by atoms with Crippen LogP contribution in [-0.4, -0.2) is 16.7 Å². The third-order valence-electron chi connectivity index (χ3n) is 9.08. The van der Waals surface area contributed by atoms with Crippen molar-refractivity contribution in [3.8, 4) is 56.6 Å². The smallest absolute Gasteiger partial charge is 0.241 e. The fourth-order valence-electron chi connectivity index (χ4n) is 6.46. The fourth-order valence-corrected chi connectivity index (χ4v) is 6.46. The third kappa shape index (κ3) is 6.10. The van der Waals surface area contributed by atoms with E-state index in [1.807, 2.05) is 66.9 Å². The SMILES string of the molecule is Cc1cnc(-c2[c-]cc(C)c(-c3ccccc3)c2)cc1C.[Ir].[c-]1ccc2c(c1-c1ccccn1)Oc1cccc3c1B2c1ccccc1O3. The molecule has 0 saturated heterocycles. The van der Waals surface area contributed by atoms with Gasteiger partial charge in [0.05, 0.1) is 0 Å². The average Bonchev–Trinajstić information content (AvgIpc) is 3.14. The van der Waals surface area contributed by atoms with Crippen LogP contribution in [0.1, 0.15) is 16.7 Å². The zero-order valence-corrected chi connectivity index (χ0v) is 29.7.